The average molecular weight is 274 g/mol. The Labute approximate surface area is 119 Å². The van der Waals surface area contributed by atoms with Crippen LogP contribution in [0.1, 0.15) is 45.4 Å². The second-order valence-corrected chi connectivity index (χ2v) is 5.20. The summed E-state index contributed by atoms with van der Waals surface area (Å²) in [6, 6.07) is 9.67. The van der Waals surface area contributed by atoms with E-state index in [4.69, 9.17) is 15.0 Å². The molecule has 1 unspecified atom stereocenters. The van der Waals surface area contributed by atoms with Crippen molar-refractivity contribution in [3.63, 3.8) is 0 Å². The van der Waals surface area contributed by atoms with Gasteiger partial charge in [0, 0.05) is 11.6 Å². The summed E-state index contributed by atoms with van der Waals surface area (Å²) in [5.74, 6) is 1.57. The molecule has 0 bridgehead atoms. The Morgan fingerprint density at radius 2 is 2.10 bits per heavy atom. The van der Waals surface area contributed by atoms with E-state index >= 15 is 0 Å². The monoisotopic (exact) mass is 274 g/mol. The largest absolute Gasteiger partial charge is 0.491 e. The van der Waals surface area contributed by atoms with Crippen LogP contribution in [0.2, 0.25) is 0 Å². The van der Waals surface area contributed by atoms with Crippen LogP contribution in [-0.4, -0.2) is 11.3 Å². The molecule has 4 nitrogen and oxygen atoms in total. The molecule has 0 aliphatic heterocycles. The highest BCUT2D eigenvalue weighted by atomic mass is 16.5. The molecule has 0 amide bonds. The molecule has 108 valence electrons. The number of hydrogen-bond acceptors (Lipinski definition) is 4. The van der Waals surface area contributed by atoms with Gasteiger partial charge in [-0.3, -0.25) is 0 Å². The second kappa shape index (κ2) is 6.57. The zero-order valence-corrected chi connectivity index (χ0v) is 12.3. The summed E-state index contributed by atoms with van der Waals surface area (Å²) in [5.41, 5.74) is 7.80. The summed E-state index contributed by atoms with van der Waals surface area (Å²) in [7, 11) is 0. The molecular weight excluding hydrogens is 252 g/mol. The van der Waals surface area contributed by atoms with Crippen molar-refractivity contribution in [3.8, 4) is 17.0 Å². The summed E-state index contributed by atoms with van der Waals surface area (Å²) in [4.78, 5) is 0. The third kappa shape index (κ3) is 3.61. The Morgan fingerprint density at radius 1 is 1.30 bits per heavy atom. The summed E-state index contributed by atoms with van der Waals surface area (Å²) in [6.45, 7) is 6.11. The van der Waals surface area contributed by atoms with Gasteiger partial charge in [-0.1, -0.05) is 30.6 Å². The van der Waals surface area contributed by atoms with Crippen LogP contribution >= 0.6 is 0 Å². The minimum absolute atomic E-state index is 0.0867. The van der Waals surface area contributed by atoms with Gasteiger partial charge in [-0.15, -0.1) is 0 Å². The summed E-state index contributed by atoms with van der Waals surface area (Å²) in [6.07, 6.45) is 2.07. The summed E-state index contributed by atoms with van der Waals surface area (Å²) >= 11 is 0. The number of nitrogens with zero attached hydrogens (tertiary/aromatic N) is 1. The van der Waals surface area contributed by atoms with Gasteiger partial charge in [0.05, 0.1) is 12.1 Å². The normalized spacial score (nSPS) is 12.7. The number of benzene rings is 1. The van der Waals surface area contributed by atoms with Crippen LogP contribution in [0.4, 0.5) is 0 Å². The van der Waals surface area contributed by atoms with Crippen molar-refractivity contribution in [2.45, 2.75) is 45.8 Å². The van der Waals surface area contributed by atoms with E-state index in [2.05, 4.69) is 12.1 Å². The van der Waals surface area contributed by atoms with Crippen molar-refractivity contribution < 1.29 is 9.26 Å². The molecule has 0 radical (unpaired) electrons. The predicted molar refractivity (Wildman–Crippen MR) is 79.5 cm³/mol. The van der Waals surface area contributed by atoms with E-state index < -0.39 is 0 Å². The fourth-order valence-electron chi connectivity index (χ4n) is 2.05. The molecule has 1 atom stereocenters. The van der Waals surface area contributed by atoms with E-state index in [-0.39, 0.29) is 12.1 Å². The van der Waals surface area contributed by atoms with Gasteiger partial charge in [-0.2, -0.15) is 0 Å². The zero-order valence-electron chi connectivity index (χ0n) is 12.3. The van der Waals surface area contributed by atoms with Gasteiger partial charge in [0.1, 0.15) is 11.4 Å². The van der Waals surface area contributed by atoms with Crippen molar-refractivity contribution >= 4 is 0 Å². The lowest BCUT2D eigenvalue weighted by molar-refractivity contribution is 0.242. The molecule has 0 spiro atoms. The lowest BCUT2D eigenvalue weighted by Crippen LogP contribution is -2.08. The highest BCUT2D eigenvalue weighted by Crippen LogP contribution is 2.26. The minimum atomic E-state index is -0.0867. The second-order valence-electron chi connectivity index (χ2n) is 5.20. The lowest BCUT2D eigenvalue weighted by atomic mass is 10.1. The van der Waals surface area contributed by atoms with Gasteiger partial charge in [0.25, 0.3) is 0 Å². The molecule has 0 saturated carbocycles. The number of aromatic nitrogens is 1. The van der Waals surface area contributed by atoms with Crippen molar-refractivity contribution in [1.82, 2.24) is 5.16 Å². The molecular formula is C16H22N2O2. The maximum Gasteiger partial charge on any atom is 0.154 e. The molecule has 0 fully saturated rings. The molecule has 2 rings (SSSR count). The van der Waals surface area contributed by atoms with Crippen LogP contribution < -0.4 is 10.5 Å². The van der Waals surface area contributed by atoms with Crippen LogP contribution in [-0.2, 0) is 0 Å². The number of nitrogens with two attached hydrogens (primary N) is 1. The van der Waals surface area contributed by atoms with E-state index in [0.29, 0.717) is 0 Å². The van der Waals surface area contributed by atoms with Crippen LogP contribution in [0.5, 0.6) is 5.75 Å². The van der Waals surface area contributed by atoms with Gasteiger partial charge in [0.15, 0.2) is 5.76 Å². The Hall–Kier alpha value is -1.81. The molecule has 4 heteroatoms. The number of ether oxygens (including phenoxy) is 1. The molecule has 0 aliphatic rings. The van der Waals surface area contributed by atoms with Crippen LogP contribution in [0.3, 0.4) is 0 Å². The third-order valence-electron chi connectivity index (χ3n) is 3.00. The molecule has 1 aromatic carbocycles. The Kier molecular flexibility index (Phi) is 4.79. The standard InChI is InChI=1S/C16H22N2O2/c1-4-6-14(17)16-10-15(18-20-16)12-7-5-8-13(9-12)19-11(2)3/h5,7-11,14H,4,6,17H2,1-3H3. The zero-order chi connectivity index (χ0) is 14.5. The Bertz CT molecular complexity index is 549. The van der Waals surface area contributed by atoms with Gasteiger partial charge < -0.3 is 15.0 Å². The Morgan fingerprint density at radius 3 is 2.80 bits per heavy atom. The summed E-state index contributed by atoms with van der Waals surface area (Å²) in [5, 5.41) is 4.10. The molecule has 20 heavy (non-hydrogen) atoms. The number of rotatable bonds is 6. The third-order valence-corrected chi connectivity index (χ3v) is 3.00. The van der Waals surface area contributed by atoms with Gasteiger partial charge in [0.2, 0.25) is 0 Å². The molecule has 2 aromatic rings. The summed E-state index contributed by atoms with van der Waals surface area (Å²) < 4.78 is 11.0. The Balaban J connectivity index is 2.19. The lowest BCUT2D eigenvalue weighted by Gasteiger charge is -2.09. The van der Waals surface area contributed by atoms with E-state index in [1.807, 2.05) is 44.2 Å². The highest BCUT2D eigenvalue weighted by Gasteiger charge is 2.13. The van der Waals surface area contributed by atoms with Crippen molar-refractivity contribution in [2.24, 2.45) is 5.73 Å². The molecule has 0 aliphatic carbocycles. The van der Waals surface area contributed by atoms with Crippen molar-refractivity contribution in [2.75, 3.05) is 0 Å². The van der Waals surface area contributed by atoms with Crippen molar-refractivity contribution in [1.29, 1.82) is 0 Å². The highest BCUT2D eigenvalue weighted by molar-refractivity contribution is 5.61. The topological polar surface area (TPSA) is 61.3 Å². The van der Waals surface area contributed by atoms with E-state index in [1.165, 1.54) is 0 Å². The first-order valence-corrected chi connectivity index (χ1v) is 7.09. The average Bonchev–Trinajstić information content (AvgIpc) is 2.88. The van der Waals surface area contributed by atoms with Crippen LogP contribution in [0.15, 0.2) is 34.9 Å². The first-order valence-electron chi connectivity index (χ1n) is 7.09. The van der Waals surface area contributed by atoms with Crippen LogP contribution in [0, 0.1) is 0 Å². The smallest absolute Gasteiger partial charge is 0.154 e. The fourth-order valence-corrected chi connectivity index (χ4v) is 2.05. The fraction of sp³-hybridized carbons (Fsp3) is 0.438. The molecule has 1 heterocycles. The van der Waals surface area contributed by atoms with Crippen LogP contribution in [0.25, 0.3) is 11.3 Å². The number of hydrogen-bond donors (Lipinski definition) is 1. The van der Waals surface area contributed by atoms with Crippen molar-refractivity contribution in [3.05, 3.63) is 36.1 Å². The SMILES string of the molecule is CCCC(N)c1cc(-c2cccc(OC(C)C)c2)no1. The molecule has 2 N–H and O–H groups in total. The minimum Gasteiger partial charge on any atom is -0.491 e. The van der Waals surface area contributed by atoms with E-state index in [0.717, 1.165) is 35.6 Å². The maximum absolute atomic E-state index is 6.03. The van der Waals surface area contributed by atoms with Gasteiger partial charge in [-0.25, -0.2) is 0 Å². The van der Waals surface area contributed by atoms with E-state index in [9.17, 15) is 0 Å². The maximum atomic E-state index is 6.03. The van der Waals surface area contributed by atoms with Gasteiger partial charge in [-0.05, 0) is 32.4 Å². The quantitative estimate of drug-likeness (QED) is 0.867. The predicted octanol–water partition coefficient (Wildman–Crippen LogP) is 3.93. The molecule has 1 aromatic heterocycles. The first kappa shape index (κ1) is 14.6. The van der Waals surface area contributed by atoms with Gasteiger partial charge >= 0.3 is 0 Å². The molecule has 0 saturated heterocycles. The van der Waals surface area contributed by atoms with E-state index in [1.54, 1.807) is 0 Å². The first-order chi connectivity index (χ1) is 9.60.